The first kappa shape index (κ1) is 15.6. The van der Waals surface area contributed by atoms with E-state index in [1.54, 1.807) is 18.5 Å². The summed E-state index contributed by atoms with van der Waals surface area (Å²) in [7, 11) is 0. The van der Waals surface area contributed by atoms with Gasteiger partial charge in [-0.15, -0.1) is 0 Å². The third-order valence-electron chi connectivity index (χ3n) is 3.00. The lowest BCUT2D eigenvalue weighted by molar-refractivity contribution is -0.133. The van der Waals surface area contributed by atoms with E-state index in [0.29, 0.717) is 12.2 Å². The molecule has 2 rings (SSSR count). The van der Waals surface area contributed by atoms with E-state index in [2.05, 4.69) is 10.3 Å². The summed E-state index contributed by atoms with van der Waals surface area (Å²) in [4.78, 5) is 29.0. The van der Waals surface area contributed by atoms with Crippen LogP contribution in [0, 0.1) is 5.82 Å². The van der Waals surface area contributed by atoms with Gasteiger partial charge in [0.05, 0.1) is 0 Å². The van der Waals surface area contributed by atoms with Gasteiger partial charge in [0.25, 0.3) is 0 Å². The molecule has 0 spiro atoms. The first-order valence-corrected chi connectivity index (χ1v) is 6.74. The summed E-state index contributed by atoms with van der Waals surface area (Å²) in [6, 6.07) is 9.05. The van der Waals surface area contributed by atoms with Crippen LogP contribution in [0.5, 0.6) is 0 Å². The van der Waals surface area contributed by atoms with Gasteiger partial charge in [-0.3, -0.25) is 14.6 Å². The number of amides is 2. The number of nitrogens with zero attached hydrogens (tertiary/aromatic N) is 2. The van der Waals surface area contributed by atoms with Crippen LogP contribution in [-0.4, -0.2) is 28.2 Å². The number of hydrogen-bond donors (Lipinski definition) is 1. The highest BCUT2D eigenvalue weighted by atomic mass is 19.1. The second-order valence-corrected chi connectivity index (χ2v) is 4.79. The Kier molecular flexibility index (Phi) is 5.19. The minimum atomic E-state index is -0.375. The molecule has 1 aromatic heterocycles. The number of anilines is 1. The van der Waals surface area contributed by atoms with Crippen molar-refractivity contribution >= 4 is 17.5 Å². The van der Waals surface area contributed by atoms with Crippen molar-refractivity contribution in [2.24, 2.45) is 0 Å². The average Bonchev–Trinajstić information content (AvgIpc) is 2.50. The fraction of sp³-hybridized carbons (Fsp3) is 0.188. The molecule has 2 aromatic rings. The SMILES string of the molecule is CC(=O)N(CC(=O)Nc1ccc(F)cc1)Cc1cccnc1. The number of hydrogen-bond acceptors (Lipinski definition) is 3. The van der Waals surface area contributed by atoms with Gasteiger partial charge in [-0.2, -0.15) is 0 Å². The lowest BCUT2D eigenvalue weighted by Gasteiger charge is -2.20. The number of halogens is 1. The molecular weight excluding hydrogens is 285 g/mol. The summed E-state index contributed by atoms with van der Waals surface area (Å²) < 4.78 is 12.8. The number of aromatic nitrogens is 1. The predicted molar refractivity (Wildman–Crippen MR) is 80.4 cm³/mol. The second-order valence-electron chi connectivity index (χ2n) is 4.79. The Labute approximate surface area is 127 Å². The third kappa shape index (κ3) is 4.66. The molecule has 6 heteroatoms. The Morgan fingerprint density at radius 2 is 1.95 bits per heavy atom. The lowest BCUT2D eigenvalue weighted by Crippen LogP contribution is -2.36. The monoisotopic (exact) mass is 301 g/mol. The second kappa shape index (κ2) is 7.31. The highest BCUT2D eigenvalue weighted by molar-refractivity contribution is 5.94. The van der Waals surface area contributed by atoms with Gasteiger partial charge in [-0.05, 0) is 35.9 Å². The van der Waals surface area contributed by atoms with Crippen LogP contribution in [0.1, 0.15) is 12.5 Å². The summed E-state index contributed by atoms with van der Waals surface area (Å²) in [5.41, 5.74) is 1.32. The van der Waals surface area contributed by atoms with Gasteiger partial charge in [0.15, 0.2) is 0 Å². The van der Waals surface area contributed by atoms with Crippen LogP contribution in [-0.2, 0) is 16.1 Å². The summed E-state index contributed by atoms with van der Waals surface area (Å²) in [5, 5.41) is 2.63. The highest BCUT2D eigenvalue weighted by Gasteiger charge is 2.14. The van der Waals surface area contributed by atoms with E-state index in [1.807, 2.05) is 6.07 Å². The van der Waals surface area contributed by atoms with Crippen molar-refractivity contribution in [1.82, 2.24) is 9.88 Å². The van der Waals surface area contributed by atoms with Gasteiger partial charge in [-0.1, -0.05) is 6.07 Å². The van der Waals surface area contributed by atoms with E-state index < -0.39 is 0 Å². The van der Waals surface area contributed by atoms with Crippen LogP contribution in [0.2, 0.25) is 0 Å². The van der Waals surface area contributed by atoms with E-state index >= 15 is 0 Å². The first-order chi connectivity index (χ1) is 10.5. The Balaban J connectivity index is 1.97. The number of carbonyl (C=O) groups excluding carboxylic acids is 2. The van der Waals surface area contributed by atoms with Crippen molar-refractivity contribution in [2.75, 3.05) is 11.9 Å². The Hall–Kier alpha value is -2.76. The topological polar surface area (TPSA) is 62.3 Å². The van der Waals surface area contributed by atoms with Crippen molar-refractivity contribution < 1.29 is 14.0 Å². The average molecular weight is 301 g/mol. The van der Waals surface area contributed by atoms with Gasteiger partial charge < -0.3 is 10.2 Å². The molecule has 1 N–H and O–H groups in total. The molecule has 0 unspecified atom stereocenters. The number of nitrogens with one attached hydrogen (secondary N) is 1. The summed E-state index contributed by atoms with van der Waals surface area (Å²) in [5.74, 6) is -0.927. The van der Waals surface area contributed by atoms with Crippen LogP contribution in [0.3, 0.4) is 0 Å². The molecule has 0 bridgehead atoms. The van der Waals surface area contributed by atoms with Crippen molar-refractivity contribution in [3.8, 4) is 0 Å². The number of benzene rings is 1. The molecule has 0 saturated heterocycles. The molecule has 0 atom stereocenters. The molecule has 0 saturated carbocycles. The van der Waals surface area contributed by atoms with E-state index in [4.69, 9.17) is 0 Å². The summed E-state index contributed by atoms with van der Waals surface area (Å²) >= 11 is 0. The van der Waals surface area contributed by atoms with Gasteiger partial charge in [0.2, 0.25) is 11.8 Å². The molecule has 5 nitrogen and oxygen atoms in total. The van der Waals surface area contributed by atoms with Crippen LogP contribution in [0.15, 0.2) is 48.8 Å². The molecule has 1 heterocycles. The molecule has 2 amide bonds. The normalized spacial score (nSPS) is 10.1. The standard InChI is InChI=1S/C16H16FN3O2/c1-12(21)20(10-13-3-2-8-18-9-13)11-16(22)19-15-6-4-14(17)5-7-15/h2-9H,10-11H2,1H3,(H,19,22). The summed E-state index contributed by atoms with van der Waals surface area (Å²) in [6.45, 7) is 1.63. The smallest absolute Gasteiger partial charge is 0.244 e. The van der Waals surface area contributed by atoms with Gasteiger partial charge in [0, 0.05) is 31.5 Å². The van der Waals surface area contributed by atoms with Crippen LogP contribution in [0.4, 0.5) is 10.1 Å². The lowest BCUT2D eigenvalue weighted by atomic mass is 10.2. The molecule has 0 aliphatic rings. The van der Waals surface area contributed by atoms with Gasteiger partial charge >= 0.3 is 0 Å². The fourth-order valence-corrected chi connectivity index (χ4v) is 1.90. The third-order valence-corrected chi connectivity index (χ3v) is 3.00. The van der Waals surface area contributed by atoms with Crippen LogP contribution < -0.4 is 5.32 Å². The van der Waals surface area contributed by atoms with Crippen LogP contribution in [0.25, 0.3) is 0 Å². The van der Waals surface area contributed by atoms with E-state index in [1.165, 1.54) is 36.1 Å². The maximum atomic E-state index is 12.8. The Morgan fingerprint density at radius 1 is 1.23 bits per heavy atom. The predicted octanol–water partition coefficient (Wildman–Crippen LogP) is 2.21. The number of rotatable bonds is 5. The van der Waals surface area contributed by atoms with Crippen LogP contribution >= 0.6 is 0 Å². The zero-order valence-electron chi connectivity index (χ0n) is 12.1. The maximum Gasteiger partial charge on any atom is 0.244 e. The van der Waals surface area contributed by atoms with Crippen molar-refractivity contribution in [3.05, 3.63) is 60.2 Å². The minimum absolute atomic E-state index is 0.0817. The zero-order chi connectivity index (χ0) is 15.9. The molecule has 0 fully saturated rings. The largest absolute Gasteiger partial charge is 0.329 e. The summed E-state index contributed by atoms with van der Waals surface area (Å²) in [6.07, 6.45) is 3.29. The first-order valence-electron chi connectivity index (χ1n) is 6.74. The Morgan fingerprint density at radius 3 is 2.55 bits per heavy atom. The van der Waals surface area contributed by atoms with Crippen molar-refractivity contribution in [2.45, 2.75) is 13.5 Å². The number of carbonyl (C=O) groups is 2. The molecule has 114 valence electrons. The zero-order valence-corrected chi connectivity index (χ0v) is 12.1. The van der Waals surface area contributed by atoms with E-state index in [0.717, 1.165) is 5.56 Å². The molecule has 0 radical (unpaired) electrons. The van der Waals surface area contributed by atoms with Gasteiger partial charge in [0.1, 0.15) is 12.4 Å². The van der Waals surface area contributed by atoms with Gasteiger partial charge in [-0.25, -0.2) is 4.39 Å². The van der Waals surface area contributed by atoms with Crippen molar-refractivity contribution in [3.63, 3.8) is 0 Å². The highest BCUT2D eigenvalue weighted by Crippen LogP contribution is 2.09. The van der Waals surface area contributed by atoms with E-state index in [-0.39, 0.29) is 24.2 Å². The number of pyridine rings is 1. The maximum absolute atomic E-state index is 12.8. The minimum Gasteiger partial charge on any atom is -0.329 e. The van der Waals surface area contributed by atoms with E-state index in [9.17, 15) is 14.0 Å². The Bertz CT molecular complexity index is 644. The van der Waals surface area contributed by atoms with Crippen molar-refractivity contribution in [1.29, 1.82) is 0 Å². The molecule has 22 heavy (non-hydrogen) atoms. The molecular formula is C16H16FN3O2. The molecule has 1 aromatic carbocycles. The molecule has 0 aliphatic heterocycles. The fourth-order valence-electron chi connectivity index (χ4n) is 1.90. The quantitative estimate of drug-likeness (QED) is 0.921. The molecule has 0 aliphatic carbocycles.